The molecule has 0 saturated heterocycles. The second-order valence-electron chi connectivity index (χ2n) is 9.68. The third-order valence-corrected chi connectivity index (χ3v) is 11.7. The number of benzene rings is 6. The molecule has 0 aliphatic heterocycles. The molecular formula is C36H28O4P2. The quantitative estimate of drug-likeness (QED) is 0.161. The molecule has 0 amide bonds. The Bertz CT molecular complexity index is 1610. The maximum atomic E-state index is 14.2. The van der Waals surface area contributed by atoms with E-state index in [-0.39, 0.29) is 0 Å². The standard InChI is InChI=1S/C36H28O4P2/c37-41(33-13-5-1-6-14-33,34-15-7-2-8-16-34)39-31-25-21-29(22-26-31)30-23-27-32(28-24-30)40-42(38,35-17-9-3-10-18-35)36-19-11-4-12-20-36/h1-28H. The van der Waals surface area contributed by atoms with Gasteiger partial charge in [-0.15, -0.1) is 0 Å². The van der Waals surface area contributed by atoms with Gasteiger partial charge in [-0.05, 0) is 83.9 Å². The summed E-state index contributed by atoms with van der Waals surface area (Å²) in [4.78, 5) is 0. The van der Waals surface area contributed by atoms with Gasteiger partial charge in [0.15, 0.2) is 0 Å². The smallest absolute Gasteiger partial charge is 0.306 e. The monoisotopic (exact) mass is 586 g/mol. The van der Waals surface area contributed by atoms with Gasteiger partial charge in [0.25, 0.3) is 0 Å². The third-order valence-electron chi connectivity index (χ3n) is 6.89. The first-order chi connectivity index (χ1) is 20.5. The maximum Gasteiger partial charge on any atom is 0.306 e. The summed E-state index contributed by atoms with van der Waals surface area (Å²) in [5.41, 5.74) is 1.91. The number of rotatable bonds is 9. The highest BCUT2D eigenvalue weighted by Gasteiger charge is 2.31. The van der Waals surface area contributed by atoms with Gasteiger partial charge in [-0.2, -0.15) is 0 Å². The largest absolute Gasteiger partial charge is 0.437 e. The van der Waals surface area contributed by atoms with Crippen LogP contribution in [-0.2, 0) is 9.13 Å². The van der Waals surface area contributed by atoms with Crippen LogP contribution in [0, 0.1) is 0 Å². The summed E-state index contributed by atoms with van der Waals surface area (Å²) in [5.74, 6) is 1.03. The van der Waals surface area contributed by atoms with Crippen LogP contribution < -0.4 is 30.3 Å². The first-order valence-electron chi connectivity index (χ1n) is 13.6. The number of hydrogen-bond donors (Lipinski definition) is 0. The third kappa shape index (κ3) is 5.74. The van der Waals surface area contributed by atoms with E-state index in [4.69, 9.17) is 9.05 Å². The van der Waals surface area contributed by atoms with E-state index < -0.39 is 14.7 Å². The molecule has 6 aromatic rings. The molecule has 0 aliphatic rings. The normalized spacial score (nSPS) is 11.5. The lowest BCUT2D eigenvalue weighted by Crippen LogP contribution is -2.20. The molecule has 6 aromatic carbocycles. The fraction of sp³-hybridized carbons (Fsp3) is 0. The minimum absolute atomic E-state index is 0.515. The van der Waals surface area contributed by atoms with Gasteiger partial charge in [-0.25, -0.2) is 0 Å². The Kier molecular flexibility index (Phi) is 7.93. The van der Waals surface area contributed by atoms with Crippen molar-refractivity contribution in [2.45, 2.75) is 0 Å². The van der Waals surface area contributed by atoms with Gasteiger partial charge in [-0.3, -0.25) is 9.13 Å². The van der Waals surface area contributed by atoms with Crippen LogP contribution in [0.15, 0.2) is 170 Å². The Morgan fingerprint density at radius 3 is 0.786 bits per heavy atom. The Morgan fingerprint density at radius 2 is 0.548 bits per heavy atom. The molecule has 0 saturated carbocycles. The van der Waals surface area contributed by atoms with Gasteiger partial charge in [0.05, 0.1) is 21.2 Å². The molecule has 6 rings (SSSR count). The van der Waals surface area contributed by atoms with Crippen molar-refractivity contribution in [3.05, 3.63) is 170 Å². The molecule has 0 aromatic heterocycles. The highest BCUT2D eigenvalue weighted by atomic mass is 31.2. The molecule has 6 heteroatoms. The molecule has 0 N–H and O–H groups in total. The fourth-order valence-corrected chi connectivity index (χ4v) is 8.83. The summed E-state index contributed by atoms with van der Waals surface area (Å²) in [6, 6.07) is 52.2. The van der Waals surface area contributed by atoms with Crippen molar-refractivity contribution in [1.29, 1.82) is 0 Å². The lowest BCUT2D eigenvalue weighted by atomic mass is 10.1. The van der Waals surface area contributed by atoms with Crippen LogP contribution in [0.4, 0.5) is 0 Å². The Morgan fingerprint density at radius 1 is 0.310 bits per heavy atom. The molecule has 0 radical (unpaired) electrons. The van der Waals surface area contributed by atoms with E-state index in [1.807, 2.05) is 170 Å². The van der Waals surface area contributed by atoms with Crippen molar-refractivity contribution in [1.82, 2.24) is 0 Å². The summed E-state index contributed by atoms with van der Waals surface area (Å²) in [6.45, 7) is 0. The molecule has 0 heterocycles. The molecule has 206 valence electrons. The topological polar surface area (TPSA) is 52.6 Å². The Labute approximate surface area is 246 Å². The molecule has 0 fully saturated rings. The summed E-state index contributed by atoms with van der Waals surface area (Å²) < 4.78 is 40.9. The highest BCUT2D eigenvalue weighted by Crippen LogP contribution is 2.46. The van der Waals surface area contributed by atoms with Crippen LogP contribution >= 0.6 is 14.7 Å². The first kappa shape index (κ1) is 27.5. The van der Waals surface area contributed by atoms with Gasteiger partial charge in [0.1, 0.15) is 11.5 Å². The van der Waals surface area contributed by atoms with Crippen molar-refractivity contribution in [2.24, 2.45) is 0 Å². The van der Waals surface area contributed by atoms with Crippen molar-refractivity contribution in [2.75, 3.05) is 0 Å². The Hall–Kier alpha value is -4.62. The zero-order chi connectivity index (χ0) is 28.8. The summed E-state index contributed by atoms with van der Waals surface area (Å²) in [7, 11) is -6.71. The summed E-state index contributed by atoms with van der Waals surface area (Å²) in [5, 5.41) is 2.55. The van der Waals surface area contributed by atoms with Crippen LogP contribution in [0.1, 0.15) is 0 Å². The van der Waals surface area contributed by atoms with Crippen molar-refractivity contribution in [3.8, 4) is 22.6 Å². The van der Waals surface area contributed by atoms with Gasteiger partial charge >= 0.3 is 14.7 Å². The van der Waals surface area contributed by atoms with Gasteiger partial charge in [-0.1, -0.05) is 97.1 Å². The highest BCUT2D eigenvalue weighted by molar-refractivity contribution is 7.75. The lowest BCUT2D eigenvalue weighted by Gasteiger charge is -2.21. The molecule has 4 nitrogen and oxygen atoms in total. The summed E-state index contributed by atoms with van der Waals surface area (Å²) >= 11 is 0. The van der Waals surface area contributed by atoms with E-state index in [2.05, 4.69) is 0 Å². The minimum atomic E-state index is -3.35. The van der Waals surface area contributed by atoms with E-state index >= 15 is 0 Å². The molecule has 0 aliphatic carbocycles. The van der Waals surface area contributed by atoms with Gasteiger partial charge < -0.3 is 9.05 Å². The van der Waals surface area contributed by atoms with Crippen molar-refractivity contribution >= 4 is 36.0 Å². The summed E-state index contributed by atoms with van der Waals surface area (Å²) in [6.07, 6.45) is 0. The molecule has 0 atom stereocenters. The minimum Gasteiger partial charge on any atom is -0.437 e. The fourth-order valence-electron chi connectivity index (χ4n) is 4.72. The number of hydrogen-bond acceptors (Lipinski definition) is 4. The van der Waals surface area contributed by atoms with Gasteiger partial charge in [0.2, 0.25) is 0 Å². The van der Waals surface area contributed by atoms with E-state index in [1.165, 1.54) is 0 Å². The lowest BCUT2D eigenvalue weighted by molar-refractivity contribution is 0.501. The van der Waals surface area contributed by atoms with Crippen LogP contribution in [0.25, 0.3) is 11.1 Å². The molecule has 0 bridgehead atoms. The van der Waals surface area contributed by atoms with Gasteiger partial charge in [0, 0.05) is 0 Å². The second-order valence-corrected chi connectivity index (χ2v) is 14.3. The molecular weight excluding hydrogens is 558 g/mol. The van der Waals surface area contributed by atoms with E-state index in [0.717, 1.165) is 11.1 Å². The second kappa shape index (κ2) is 12.1. The predicted molar refractivity (Wildman–Crippen MR) is 173 cm³/mol. The average molecular weight is 587 g/mol. The molecule has 0 unspecified atom stereocenters. The van der Waals surface area contributed by atoms with E-state index in [0.29, 0.717) is 32.7 Å². The predicted octanol–water partition coefficient (Wildman–Crippen LogP) is 7.97. The van der Waals surface area contributed by atoms with E-state index in [9.17, 15) is 9.13 Å². The maximum absolute atomic E-state index is 14.2. The molecule has 0 spiro atoms. The van der Waals surface area contributed by atoms with Crippen LogP contribution in [0.3, 0.4) is 0 Å². The van der Waals surface area contributed by atoms with Crippen molar-refractivity contribution in [3.63, 3.8) is 0 Å². The first-order valence-corrected chi connectivity index (χ1v) is 16.8. The van der Waals surface area contributed by atoms with Crippen LogP contribution in [-0.4, -0.2) is 0 Å². The molecule has 42 heavy (non-hydrogen) atoms. The van der Waals surface area contributed by atoms with Crippen LogP contribution in [0.5, 0.6) is 11.5 Å². The van der Waals surface area contributed by atoms with E-state index in [1.54, 1.807) is 0 Å². The Balaban J connectivity index is 1.24. The SMILES string of the molecule is O=P(Oc1ccc(-c2ccc(OP(=O)(c3ccccc3)c3ccccc3)cc2)cc1)(c1ccccc1)c1ccccc1. The zero-order valence-electron chi connectivity index (χ0n) is 22.7. The zero-order valence-corrected chi connectivity index (χ0v) is 24.5. The van der Waals surface area contributed by atoms with Crippen molar-refractivity contribution < 1.29 is 18.2 Å². The van der Waals surface area contributed by atoms with Crippen LogP contribution in [0.2, 0.25) is 0 Å². The average Bonchev–Trinajstić information content (AvgIpc) is 3.07.